The molecule has 0 bridgehead atoms. The van der Waals surface area contributed by atoms with Crippen molar-refractivity contribution in [3.63, 3.8) is 0 Å². The van der Waals surface area contributed by atoms with Gasteiger partial charge in [0.15, 0.2) is 0 Å². The van der Waals surface area contributed by atoms with Gasteiger partial charge >= 0.3 is 6.09 Å². The van der Waals surface area contributed by atoms with Gasteiger partial charge in [-0.3, -0.25) is 4.79 Å². The predicted molar refractivity (Wildman–Crippen MR) is 84.2 cm³/mol. The number of nitrogens with one attached hydrogen (secondary N) is 1. The van der Waals surface area contributed by atoms with Crippen LogP contribution in [0.25, 0.3) is 0 Å². The van der Waals surface area contributed by atoms with Crippen molar-refractivity contribution in [1.82, 2.24) is 5.32 Å². The molecule has 0 aliphatic carbocycles. The third-order valence-electron chi connectivity index (χ3n) is 3.20. The van der Waals surface area contributed by atoms with Gasteiger partial charge in [0, 0.05) is 6.42 Å². The monoisotopic (exact) mass is 297 g/mol. The third kappa shape index (κ3) is 5.05. The quantitative estimate of drug-likeness (QED) is 0.885. The first-order valence-corrected chi connectivity index (χ1v) is 7.17. The highest BCUT2D eigenvalue weighted by molar-refractivity contribution is 5.77. The van der Waals surface area contributed by atoms with E-state index in [1.54, 1.807) is 0 Å². The Morgan fingerprint density at radius 1 is 1.00 bits per heavy atom. The SMILES string of the molecule is CC(=O)CC(NC(=O)OCc1ccccc1)c1ccccc1. The summed E-state index contributed by atoms with van der Waals surface area (Å²) in [5.41, 5.74) is 1.80. The zero-order chi connectivity index (χ0) is 15.8. The smallest absolute Gasteiger partial charge is 0.407 e. The Bertz CT molecular complexity index is 611. The highest BCUT2D eigenvalue weighted by atomic mass is 16.5. The Morgan fingerprint density at radius 3 is 2.18 bits per heavy atom. The molecule has 0 fully saturated rings. The lowest BCUT2D eigenvalue weighted by molar-refractivity contribution is -0.117. The van der Waals surface area contributed by atoms with Crippen molar-refractivity contribution in [3.8, 4) is 0 Å². The van der Waals surface area contributed by atoms with Gasteiger partial charge in [-0.05, 0) is 18.1 Å². The summed E-state index contributed by atoms with van der Waals surface area (Å²) in [4.78, 5) is 23.3. The van der Waals surface area contributed by atoms with Gasteiger partial charge in [0.1, 0.15) is 12.4 Å². The van der Waals surface area contributed by atoms with Gasteiger partial charge in [0.2, 0.25) is 0 Å². The van der Waals surface area contributed by atoms with Crippen LogP contribution in [0.1, 0.15) is 30.5 Å². The lowest BCUT2D eigenvalue weighted by Crippen LogP contribution is -2.30. The molecule has 1 amide bonds. The van der Waals surface area contributed by atoms with Crippen LogP contribution in [0.2, 0.25) is 0 Å². The molecule has 2 aromatic rings. The van der Waals surface area contributed by atoms with E-state index < -0.39 is 6.09 Å². The van der Waals surface area contributed by atoms with Crippen molar-refractivity contribution in [2.45, 2.75) is 26.0 Å². The minimum atomic E-state index is -0.529. The lowest BCUT2D eigenvalue weighted by atomic mass is 10.0. The van der Waals surface area contributed by atoms with E-state index in [0.717, 1.165) is 11.1 Å². The average Bonchev–Trinajstić information content (AvgIpc) is 2.54. The summed E-state index contributed by atoms with van der Waals surface area (Å²) >= 11 is 0. The number of rotatable bonds is 6. The molecule has 0 saturated carbocycles. The van der Waals surface area contributed by atoms with Gasteiger partial charge in [-0.1, -0.05) is 60.7 Å². The van der Waals surface area contributed by atoms with Crippen LogP contribution in [0.5, 0.6) is 0 Å². The van der Waals surface area contributed by atoms with Crippen LogP contribution in [-0.2, 0) is 16.1 Å². The molecule has 0 spiro atoms. The van der Waals surface area contributed by atoms with Crippen LogP contribution in [0.3, 0.4) is 0 Å². The number of amides is 1. The molecular formula is C18H19NO3. The zero-order valence-corrected chi connectivity index (χ0v) is 12.5. The lowest BCUT2D eigenvalue weighted by Gasteiger charge is -2.18. The van der Waals surface area contributed by atoms with E-state index in [1.165, 1.54) is 6.92 Å². The highest BCUT2D eigenvalue weighted by Gasteiger charge is 2.17. The van der Waals surface area contributed by atoms with E-state index in [4.69, 9.17) is 4.74 Å². The minimum Gasteiger partial charge on any atom is -0.445 e. The Morgan fingerprint density at radius 2 is 1.59 bits per heavy atom. The normalized spacial score (nSPS) is 11.5. The van der Waals surface area contributed by atoms with Crippen LogP contribution in [0.15, 0.2) is 60.7 Å². The second-order valence-electron chi connectivity index (χ2n) is 5.08. The van der Waals surface area contributed by atoms with Crippen LogP contribution in [0, 0.1) is 0 Å². The van der Waals surface area contributed by atoms with Crippen LogP contribution < -0.4 is 5.32 Å². The fourth-order valence-electron chi connectivity index (χ4n) is 2.13. The molecule has 0 aromatic heterocycles. The molecule has 1 atom stereocenters. The molecule has 4 heteroatoms. The summed E-state index contributed by atoms with van der Waals surface area (Å²) in [7, 11) is 0. The van der Waals surface area contributed by atoms with Gasteiger partial charge in [0.05, 0.1) is 6.04 Å². The number of ketones is 1. The number of alkyl carbamates (subject to hydrolysis) is 1. The molecule has 114 valence electrons. The number of carbonyl (C=O) groups excluding carboxylic acids is 2. The number of hydrogen-bond acceptors (Lipinski definition) is 3. The first-order chi connectivity index (χ1) is 10.6. The maximum absolute atomic E-state index is 11.9. The van der Waals surface area contributed by atoms with Crippen molar-refractivity contribution in [3.05, 3.63) is 71.8 Å². The highest BCUT2D eigenvalue weighted by Crippen LogP contribution is 2.17. The van der Waals surface area contributed by atoms with Crippen molar-refractivity contribution in [2.24, 2.45) is 0 Å². The Balaban J connectivity index is 1.95. The molecule has 2 rings (SSSR count). The van der Waals surface area contributed by atoms with Crippen LogP contribution in [-0.4, -0.2) is 11.9 Å². The standard InChI is InChI=1S/C18H19NO3/c1-14(20)12-17(16-10-6-3-7-11-16)19-18(21)22-13-15-8-4-2-5-9-15/h2-11,17H,12-13H2,1H3,(H,19,21). The van der Waals surface area contributed by atoms with Gasteiger partial charge in [-0.2, -0.15) is 0 Å². The molecule has 0 aliphatic heterocycles. The first-order valence-electron chi connectivity index (χ1n) is 7.17. The van der Waals surface area contributed by atoms with E-state index in [9.17, 15) is 9.59 Å². The second kappa shape index (κ2) is 7.98. The van der Waals surface area contributed by atoms with E-state index in [1.807, 2.05) is 60.7 Å². The maximum Gasteiger partial charge on any atom is 0.407 e. The Kier molecular flexibility index (Phi) is 5.72. The maximum atomic E-state index is 11.9. The van der Waals surface area contributed by atoms with E-state index in [2.05, 4.69) is 5.32 Å². The molecule has 1 N–H and O–H groups in total. The summed E-state index contributed by atoms with van der Waals surface area (Å²) in [5, 5.41) is 2.75. The van der Waals surface area contributed by atoms with Crippen LogP contribution >= 0.6 is 0 Å². The molecule has 22 heavy (non-hydrogen) atoms. The summed E-state index contributed by atoms with van der Waals surface area (Å²) in [6.07, 6.45) is -0.288. The number of ether oxygens (including phenoxy) is 1. The van der Waals surface area contributed by atoms with Crippen molar-refractivity contribution in [2.75, 3.05) is 0 Å². The first kappa shape index (κ1) is 15.8. The second-order valence-corrected chi connectivity index (χ2v) is 5.08. The predicted octanol–water partition coefficient (Wildman–Crippen LogP) is 3.63. The summed E-state index contributed by atoms with van der Waals surface area (Å²) in [5.74, 6) is 0.0113. The molecule has 0 aliphatic rings. The molecule has 0 heterocycles. The van der Waals surface area contributed by atoms with E-state index in [-0.39, 0.29) is 24.9 Å². The van der Waals surface area contributed by atoms with Crippen molar-refractivity contribution >= 4 is 11.9 Å². The largest absolute Gasteiger partial charge is 0.445 e. The summed E-state index contributed by atoms with van der Waals surface area (Å²) in [6.45, 7) is 1.71. The van der Waals surface area contributed by atoms with Gasteiger partial charge in [-0.15, -0.1) is 0 Å². The van der Waals surface area contributed by atoms with Crippen molar-refractivity contribution in [1.29, 1.82) is 0 Å². The average molecular weight is 297 g/mol. The summed E-state index contributed by atoms with van der Waals surface area (Å²) < 4.78 is 5.20. The number of Topliss-reactive ketones (excluding diaryl/α,β-unsaturated/α-hetero) is 1. The number of carbonyl (C=O) groups is 2. The molecular weight excluding hydrogens is 278 g/mol. The molecule has 4 nitrogen and oxygen atoms in total. The minimum absolute atomic E-state index is 0.0113. The van der Waals surface area contributed by atoms with Crippen LogP contribution in [0.4, 0.5) is 4.79 Å². The topological polar surface area (TPSA) is 55.4 Å². The Labute approximate surface area is 130 Å². The number of hydrogen-bond donors (Lipinski definition) is 1. The summed E-state index contributed by atoms with van der Waals surface area (Å²) in [6, 6.07) is 18.5. The fraction of sp³-hybridized carbons (Fsp3) is 0.222. The Hall–Kier alpha value is -2.62. The third-order valence-corrected chi connectivity index (χ3v) is 3.20. The molecule has 0 radical (unpaired) electrons. The van der Waals surface area contributed by atoms with E-state index in [0.29, 0.717) is 0 Å². The van der Waals surface area contributed by atoms with E-state index >= 15 is 0 Å². The van der Waals surface area contributed by atoms with Gasteiger partial charge in [0.25, 0.3) is 0 Å². The zero-order valence-electron chi connectivity index (χ0n) is 12.5. The molecule has 2 aromatic carbocycles. The van der Waals surface area contributed by atoms with Crippen molar-refractivity contribution < 1.29 is 14.3 Å². The fourth-order valence-corrected chi connectivity index (χ4v) is 2.13. The molecule has 1 unspecified atom stereocenters. The van der Waals surface area contributed by atoms with Gasteiger partial charge in [-0.25, -0.2) is 4.79 Å². The van der Waals surface area contributed by atoms with Gasteiger partial charge < -0.3 is 10.1 Å². The molecule has 0 saturated heterocycles. The number of benzene rings is 2.